The summed E-state index contributed by atoms with van der Waals surface area (Å²) < 4.78 is 5.56. The Hall–Kier alpha value is -2.25. The Balaban J connectivity index is 1.93. The Morgan fingerprint density at radius 3 is 2.75 bits per heavy atom. The maximum absolute atomic E-state index is 12.8. The van der Waals surface area contributed by atoms with Crippen molar-refractivity contribution in [3.63, 3.8) is 0 Å². The van der Waals surface area contributed by atoms with Crippen molar-refractivity contribution in [2.45, 2.75) is 77.2 Å². The van der Waals surface area contributed by atoms with Crippen molar-refractivity contribution in [3.05, 3.63) is 11.3 Å². The summed E-state index contributed by atoms with van der Waals surface area (Å²) in [5.74, 6) is 0.378. The molecule has 0 aliphatic carbocycles. The molecule has 0 aromatic rings. The Morgan fingerprint density at radius 2 is 2.00 bits per heavy atom. The summed E-state index contributed by atoms with van der Waals surface area (Å²) in [5, 5.41) is 0. The molecule has 28 heavy (non-hydrogen) atoms. The average molecular weight is 393 g/mol. The molecule has 158 valence electrons. The third kappa shape index (κ3) is 6.42. The van der Waals surface area contributed by atoms with Crippen LogP contribution in [0.3, 0.4) is 0 Å². The summed E-state index contributed by atoms with van der Waals surface area (Å²) >= 11 is 0. The maximum Gasteiger partial charge on any atom is 0.337 e. The van der Waals surface area contributed by atoms with E-state index in [9.17, 15) is 4.79 Å². The van der Waals surface area contributed by atoms with Gasteiger partial charge in [0.05, 0.1) is 18.2 Å². The van der Waals surface area contributed by atoms with Crippen molar-refractivity contribution in [1.82, 2.24) is 4.90 Å². The van der Waals surface area contributed by atoms with Gasteiger partial charge in [0, 0.05) is 18.8 Å². The molecule has 6 N–H and O–H groups in total. The van der Waals surface area contributed by atoms with E-state index in [4.69, 9.17) is 21.9 Å². The van der Waals surface area contributed by atoms with Crippen molar-refractivity contribution in [2.75, 3.05) is 19.7 Å². The van der Waals surface area contributed by atoms with Gasteiger partial charge in [-0.1, -0.05) is 39.0 Å². The van der Waals surface area contributed by atoms with Crippen LogP contribution < -0.4 is 17.2 Å². The molecule has 1 fully saturated rings. The van der Waals surface area contributed by atoms with Gasteiger partial charge < -0.3 is 26.8 Å². The number of nitrogens with two attached hydrogens (primary N) is 3. The van der Waals surface area contributed by atoms with E-state index in [1.807, 2.05) is 4.90 Å². The van der Waals surface area contributed by atoms with Crippen LogP contribution in [0, 0.1) is 0 Å². The van der Waals surface area contributed by atoms with Crippen molar-refractivity contribution in [2.24, 2.45) is 27.2 Å². The molecular formula is C20H36N6O2. The van der Waals surface area contributed by atoms with E-state index >= 15 is 0 Å². The Morgan fingerprint density at radius 1 is 1.21 bits per heavy atom. The SMILES string of the molecule is CCCCCCC[C@@H]1N=C(N)N2CCCC2=C1C(=O)OCCCCN=C(N)N. The van der Waals surface area contributed by atoms with Gasteiger partial charge in [0.25, 0.3) is 0 Å². The minimum atomic E-state index is -0.251. The van der Waals surface area contributed by atoms with Crippen LogP contribution in [0.5, 0.6) is 0 Å². The number of unbranched alkanes of at least 4 members (excludes halogenated alkanes) is 5. The molecule has 2 heterocycles. The first-order valence-electron chi connectivity index (χ1n) is 10.6. The Kier molecular flexibility index (Phi) is 9.10. The number of nitrogens with zero attached hydrogens (tertiary/aromatic N) is 3. The highest BCUT2D eigenvalue weighted by molar-refractivity contribution is 5.95. The first kappa shape index (κ1) is 22.0. The fourth-order valence-corrected chi connectivity index (χ4v) is 3.76. The van der Waals surface area contributed by atoms with Gasteiger partial charge in [-0.25, -0.2) is 9.79 Å². The molecule has 1 saturated heterocycles. The first-order chi connectivity index (χ1) is 13.5. The summed E-state index contributed by atoms with van der Waals surface area (Å²) in [7, 11) is 0. The third-order valence-electron chi connectivity index (χ3n) is 5.21. The largest absolute Gasteiger partial charge is 0.462 e. The molecule has 0 aromatic carbocycles. The molecule has 0 radical (unpaired) electrons. The van der Waals surface area contributed by atoms with Gasteiger partial charge in [-0.2, -0.15) is 0 Å². The van der Waals surface area contributed by atoms with Crippen LogP contribution in [0.15, 0.2) is 21.3 Å². The minimum absolute atomic E-state index is 0.0877. The lowest BCUT2D eigenvalue weighted by Crippen LogP contribution is -2.41. The molecule has 2 rings (SSSR count). The van der Waals surface area contributed by atoms with Crippen LogP contribution in [-0.4, -0.2) is 48.5 Å². The third-order valence-corrected chi connectivity index (χ3v) is 5.21. The number of hydrogen-bond acceptors (Lipinski definition) is 6. The van der Waals surface area contributed by atoms with E-state index in [1.165, 1.54) is 19.3 Å². The van der Waals surface area contributed by atoms with Gasteiger partial charge in [-0.05, 0) is 32.1 Å². The molecule has 8 heteroatoms. The molecule has 1 atom stereocenters. The van der Waals surface area contributed by atoms with E-state index < -0.39 is 0 Å². The molecule has 2 aliphatic heterocycles. The highest BCUT2D eigenvalue weighted by Crippen LogP contribution is 2.33. The van der Waals surface area contributed by atoms with Crippen LogP contribution in [0.4, 0.5) is 0 Å². The molecule has 0 bridgehead atoms. The van der Waals surface area contributed by atoms with Crippen LogP contribution in [0.1, 0.15) is 71.1 Å². The lowest BCUT2D eigenvalue weighted by Gasteiger charge is -2.30. The highest BCUT2D eigenvalue weighted by Gasteiger charge is 2.35. The van der Waals surface area contributed by atoms with Gasteiger partial charge in [0.15, 0.2) is 11.9 Å². The zero-order valence-electron chi connectivity index (χ0n) is 17.2. The molecule has 8 nitrogen and oxygen atoms in total. The molecule has 0 aromatic heterocycles. The van der Waals surface area contributed by atoms with Gasteiger partial charge in [0.1, 0.15) is 0 Å². The molecule has 0 amide bonds. The zero-order valence-corrected chi connectivity index (χ0v) is 17.2. The second-order valence-corrected chi connectivity index (χ2v) is 7.47. The lowest BCUT2D eigenvalue weighted by atomic mass is 9.96. The lowest BCUT2D eigenvalue weighted by molar-refractivity contribution is -0.139. The smallest absolute Gasteiger partial charge is 0.337 e. The second-order valence-electron chi connectivity index (χ2n) is 7.47. The van der Waals surface area contributed by atoms with E-state index in [-0.39, 0.29) is 18.0 Å². The van der Waals surface area contributed by atoms with Crippen molar-refractivity contribution in [3.8, 4) is 0 Å². The van der Waals surface area contributed by atoms with E-state index in [1.54, 1.807) is 0 Å². The second kappa shape index (κ2) is 11.6. The summed E-state index contributed by atoms with van der Waals surface area (Å²) in [6.45, 7) is 3.93. The van der Waals surface area contributed by atoms with Crippen molar-refractivity contribution < 1.29 is 9.53 Å². The van der Waals surface area contributed by atoms with Crippen molar-refractivity contribution in [1.29, 1.82) is 0 Å². The molecule has 0 spiro atoms. The number of allylic oxidation sites excluding steroid dienone is 1. The van der Waals surface area contributed by atoms with Gasteiger partial charge in [0.2, 0.25) is 0 Å². The number of esters is 1. The number of hydrogen-bond donors (Lipinski definition) is 3. The molecular weight excluding hydrogens is 356 g/mol. The van der Waals surface area contributed by atoms with Crippen LogP contribution in [0.25, 0.3) is 0 Å². The molecule has 2 aliphatic rings. The Labute approximate surface area is 168 Å². The standard InChI is InChI=1S/C20H36N6O2/c1-2-3-4-5-6-10-15-17(16-11-9-13-26(16)20(23)25-15)18(27)28-14-8-7-12-24-19(21)22/h15H,2-14H2,1H3,(H2,23,25)(H4,21,22,24)/t15-/m0/s1. The minimum Gasteiger partial charge on any atom is -0.462 e. The first-order valence-corrected chi connectivity index (χ1v) is 10.6. The number of carbonyl (C=O) groups is 1. The predicted molar refractivity (Wildman–Crippen MR) is 113 cm³/mol. The summed E-state index contributed by atoms with van der Waals surface area (Å²) in [6.07, 6.45) is 10.1. The quantitative estimate of drug-likeness (QED) is 0.201. The van der Waals surface area contributed by atoms with Crippen LogP contribution >= 0.6 is 0 Å². The number of fused-ring (bicyclic) bond motifs is 1. The topological polar surface area (TPSA) is 132 Å². The van der Waals surface area contributed by atoms with E-state index in [2.05, 4.69) is 16.9 Å². The normalized spacial score (nSPS) is 18.7. The number of guanidine groups is 2. The zero-order chi connectivity index (χ0) is 20.4. The number of rotatable bonds is 12. The van der Waals surface area contributed by atoms with Gasteiger partial charge >= 0.3 is 5.97 Å². The number of aliphatic imine (C=N–C) groups is 2. The number of ether oxygens (including phenoxy) is 1. The van der Waals surface area contributed by atoms with Crippen molar-refractivity contribution >= 4 is 17.9 Å². The monoisotopic (exact) mass is 392 g/mol. The van der Waals surface area contributed by atoms with Crippen LogP contribution in [0.2, 0.25) is 0 Å². The average Bonchev–Trinajstić information content (AvgIpc) is 3.14. The number of carbonyl (C=O) groups excluding carboxylic acids is 1. The van der Waals surface area contributed by atoms with Gasteiger partial charge in [-0.15, -0.1) is 0 Å². The summed E-state index contributed by atoms with van der Waals surface area (Å²) in [5.41, 5.74) is 18.5. The summed E-state index contributed by atoms with van der Waals surface area (Å²) in [4.78, 5) is 23.4. The Bertz CT molecular complexity index is 610. The fraction of sp³-hybridized carbons (Fsp3) is 0.750. The molecule has 0 unspecified atom stereocenters. The highest BCUT2D eigenvalue weighted by atomic mass is 16.5. The van der Waals surface area contributed by atoms with Crippen LogP contribution in [-0.2, 0) is 9.53 Å². The van der Waals surface area contributed by atoms with E-state index in [0.717, 1.165) is 57.2 Å². The maximum atomic E-state index is 12.8. The predicted octanol–water partition coefficient (Wildman–Crippen LogP) is 1.99. The fourth-order valence-electron chi connectivity index (χ4n) is 3.76. The molecule has 0 saturated carbocycles. The van der Waals surface area contributed by atoms with E-state index in [0.29, 0.717) is 24.7 Å². The summed E-state index contributed by atoms with van der Waals surface area (Å²) in [6, 6.07) is -0.180. The van der Waals surface area contributed by atoms with Gasteiger partial charge in [-0.3, -0.25) is 4.99 Å².